The molecule has 0 aliphatic rings. The van der Waals surface area contributed by atoms with Gasteiger partial charge in [-0.1, -0.05) is 384 Å². The Bertz CT molecular complexity index is 1390. The number of unbranched alkanes of at least 4 members (excludes halogenated alkanes) is 57. The van der Waals surface area contributed by atoms with Gasteiger partial charge in [0, 0.05) is 12.8 Å². The van der Waals surface area contributed by atoms with Crippen molar-refractivity contribution in [3.05, 3.63) is 36.5 Å². The smallest absolute Gasteiger partial charge is 0.305 e. The van der Waals surface area contributed by atoms with Crippen LogP contribution in [0.5, 0.6) is 0 Å². The molecule has 0 aliphatic carbocycles. The first-order valence-electron chi connectivity index (χ1n) is 39.2. The summed E-state index contributed by atoms with van der Waals surface area (Å²) in [5, 5.41) is 23.5. The molecule has 0 aromatic carbocycles. The van der Waals surface area contributed by atoms with Gasteiger partial charge >= 0.3 is 5.97 Å². The maximum Gasteiger partial charge on any atom is 0.305 e. The van der Waals surface area contributed by atoms with E-state index < -0.39 is 12.1 Å². The molecule has 3 N–H and O–H groups in total. The molecule has 0 bridgehead atoms. The highest BCUT2D eigenvalue weighted by atomic mass is 16.5. The van der Waals surface area contributed by atoms with Crippen molar-refractivity contribution in [3.63, 3.8) is 0 Å². The Kier molecular flexibility index (Phi) is 73.9. The molecule has 0 saturated carbocycles. The molecule has 6 heteroatoms. The number of aliphatic hydroxyl groups excluding tert-OH is 2. The van der Waals surface area contributed by atoms with Crippen LogP contribution in [0.25, 0.3) is 0 Å². The highest BCUT2D eigenvalue weighted by Gasteiger charge is 2.20. The van der Waals surface area contributed by atoms with E-state index in [1.165, 1.54) is 353 Å². The Hall–Kier alpha value is -1.92. The summed E-state index contributed by atoms with van der Waals surface area (Å²) in [7, 11) is 0. The van der Waals surface area contributed by atoms with Crippen LogP contribution >= 0.6 is 0 Å². The third-order valence-corrected chi connectivity index (χ3v) is 18.4. The minimum absolute atomic E-state index is 0.00463. The van der Waals surface area contributed by atoms with Gasteiger partial charge in [0.15, 0.2) is 0 Å². The van der Waals surface area contributed by atoms with E-state index in [0.717, 1.165) is 51.4 Å². The van der Waals surface area contributed by atoms with E-state index >= 15 is 0 Å². The lowest BCUT2D eigenvalue weighted by Crippen LogP contribution is -2.45. The minimum Gasteiger partial charge on any atom is -0.466 e. The summed E-state index contributed by atoms with van der Waals surface area (Å²) in [6.45, 7) is 4.95. The fourth-order valence-electron chi connectivity index (χ4n) is 12.4. The molecule has 2 atom stereocenters. The molecular formula is C80H153NO5. The summed E-state index contributed by atoms with van der Waals surface area (Å²) in [4.78, 5) is 24.6. The number of hydrogen-bond acceptors (Lipinski definition) is 5. The van der Waals surface area contributed by atoms with Gasteiger partial charge in [0.25, 0.3) is 0 Å². The zero-order valence-corrected chi connectivity index (χ0v) is 58.3. The summed E-state index contributed by atoms with van der Waals surface area (Å²) in [6.07, 6.45) is 98.0. The predicted octanol–water partition coefficient (Wildman–Crippen LogP) is 25.8. The Morgan fingerprint density at radius 3 is 0.930 bits per heavy atom. The summed E-state index contributed by atoms with van der Waals surface area (Å²) in [6, 6.07) is -0.540. The molecule has 2 unspecified atom stereocenters. The summed E-state index contributed by atoms with van der Waals surface area (Å²) in [5.74, 6) is -0.0222. The van der Waals surface area contributed by atoms with Crippen LogP contribution in [0.3, 0.4) is 0 Å². The number of aliphatic hydroxyl groups is 2. The predicted molar refractivity (Wildman–Crippen MR) is 379 cm³/mol. The maximum atomic E-state index is 12.6. The van der Waals surface area contributed by atoms with Crippen LogP contribution in [-0.4, -0.2) is 47.4 Å². The van der Waals surface area contributed by atoms with Gasteiger partial charge < -0.3 is 20.3 Å². The van der Waals surface area contributed by atoms with Gasteiger partial charge in [-0.25, -0.2) is 0 Å². The second kappa shape index (κ2) is 75.5. The molecule has 1 amide bonds. The lowest BCUT2D eigenvalue weighted by molar-refractivity contribution is -0.143. The molecule has 6 nitrogen and oxygen atoms in total. The minimum atomic E-state index is -0.664. The molecule has 0 spiro atoms. The molecular weight excluding hydrogens is 1050 g/mol. The van der Waals surface area contributed by atoms with Gasteiger partial charge in [-0.3, -0.25) is 9.59 Å². The van der Waals surface area contributed by atoms with Gasteiger partial charge in [-0.15, -0.1) is 0 Å². The summed E-state index contributed by atoms with van der Waals surface area (Å²) < 4.78 is 5.49. The molecule has 0 aromatic heterocycles. The van der Waals surface area contributed by atoms with Crippen molar-refractivity contribution >= 4 is 11.9 Å². The zero-order valence-electron chi connectivity index (χ0n) is 58.3. The number of ether oxygens (including phenoxy) is 1. The molecule has 508 valence electrons. The molecule has 0 heterocycles. The van der Waals surface area contributed by atoms with E-state index in [2.05, 4.69) is 55.6 Å². The number of hydrogen-bond donors (Lipinski definition) is 3. The number of rotatable bonds is 74. The number of amides is 1. The highest BCUT2D eigenvalue weighted by Crippen LogP contribution is 2.20. The highest BCUT2D eigenvalue weighted by molar-refractivity contribution is 5.76. The van der Waals surface area contributed by atoms with Crippen LogP contribution in [0, 0.1) is 0 Å². The zero-order chi connectivity index (χ0) is 62.0. The number of nitrogens with one attached hydrogen (secondary N) is 1. The van der Waals surface area contributed by atoms with Crippen LogP contribution in [-0.2, 0) is 14.3 Å². The van der Waals surface area contributed by atoms with Crippen molar-refractivity contribution in [1.82, 2.24) is 5.32 Å². The van der Waals surface area contributed by atoms with Crippen LogP contribution in [0.2, 0.25) is 0 Å². The van der Waals surface area contributed by atoms with Crippen molar-refractivity contribution in [2.75, 3.05) is 13.2 Å². The number of carbonyl (C=O) groups excluding carboxylic acids is 2. The Balaban J connectivity index is 3.36. The molecule has 0 rings (SSSR count). The molecule has 0 saturated heterocycles. The van der Waals surface area contributed by atoms with Crippen LogP contribution in [0.15, 0.2) is 36.5 Å². The van der Waals surface area contributed by atoms with E-state index in [1.54, 1.807) is 0 Å². The van der Waals surface area contributed by atoms with Crippen molar-refractivity contribution in [2.45, 2.75) is 450 Å². The number of esters is 1. The van der Waals surface area contributed by atoms with E-state index in [4.69, 9.17) is 4.74 Å². The quantitative estimate of drug-likeness (QED) is 0.0320. The summed E-state index contributed by atoms with van der Waals surface area (Å²) in [5.41, 5.74) is 0. The maximum absolute atomic E-state index is 12.6. The first kappa shape index (κ1) is 84.1. The van der Waals surface area contributed by atoms with Gasteiger partial charge in [0.2, 0.25) is 5.91 Å². The number of allylic oxidation sites excluding steroid dienone is 6. The van der Waals surface area contributed by atoms with E-state index in [1.807, 2.05) is 0 Å². The largest absolute Gasteiger partial charge is 0.466 e. The van der Waals surface area contributed by atoms with Crippen molar-refractivity contribution in [1.29, 1.82) is 0 Å². The standard InChI is InChI=1S/C80H153NO5/c1-3-5-7-9-11-13-15-17-19-20-21-22-36-39-42-45-48-52-56-60-64-68-72-78(83)77(76-82)81-79(84)73-69-65-61-57-53-49-46-43-40-37-34-32-30-28-26-24-23-25-27-29-31-33-35-38-41-44-47-51-55-59-63-67-71-75-86-80(85)74-70-66-62-58-54-50-18-16-14-12-10-8-6-4-2/h10,12,16,18,27,29,77-78,82-83H,3-9,11,13-15,17,19-26,28,30-76H2,1-2H3,(H,81,84)/b12-10-,18-16-,29-27-. The average molecular weight is 1210 g/mol. The summed E-state index contributed by atoms with van der Waals surface area (Å²) >= 11 is 0. The Labute approximate surface area is 538 Å². The molecule has 0 radical (unpaired) electrons. The normalized spacial score (nSPS) is 12.7. The van der Waals surface area contributed by atoms with Crippen molar-refractivity contribution < 1.29 is 24.5 Å². The van der Waals surface area contributed by atoms with Gasteiger partial charge in [0.1, 0.15) is 0 Å². The second-order valence-corrected chi connectivity index (χ2v) is 27.0. The Morgan fingerprint density at radius 2 is 0.593 bits per heavy atom. The number of carbonyl (C=O) groups is 2. The fourth-order valence-corrected chi connectivity index (χ4v) is 12.4. The average Bonchev–Trinajstić information content (AvgIpc) is 3.56. The Morgan fingerprint density at radius 1 is 0.326 bits per heavy atom. The molecule has 0 aliphatic heterocycles. The van der Waals surface area contributed by atoms with E-state index in [-0.39, 0.29) is 18.5 Å². The van der Waals surface area contributed by atoms with Crippen molar-refractivity contribution in [2.24, 2.45) is 0 Å². The molecule has 86 heavy (non-hydrogen) atoms. The third kappa shape index (κ3) is 71.2. The van der Waals surface area contributed by atoms with E-state index in [9.17, 15) is 19.8 Å². The first-order chi connectivity index (χ1) is 42.5. The topological polar surface area (TPSA) is 95.9 Å². The monoisotopic (exact) mass is 1210 g/mol. The SMILES string of the molecule is CCCC/C=C\C/C=C\CCCCCCCC(=O)OCCCCCCCCCCCCCC/C=C\CCCCCCCCCCCCCCCCCCCC(=O)NC(CO)C(O)CCCCCCCCCCCCCCCCCCCCCCCC. The fraction of sp³-hybridized carbons (Fsp3) is 0.900. The third-order valence-electron chi connectivity index (χ3n) is 18.4. The van der Waals surface area contributed by atoms with Crippen molar-refractivity contribution in [3.8, 4) is 0 Å². The van der Waals surface area contributed by atoms with Crippen LogP contribution < -0.4 is 5.32 Å². The van der Waals surface area contributed by atoms with Crippen LogP contribution in [0.1, 0.15) is 438 Å². The molecule has 0 fully saturated rings. The van der Waals surface area contributed by atoms with Gasteiger partial charge in [-0.2, -0.15) is 0 Å². The van der Waals surface area contributed by atoms with Gasteiger partial charge in [0.05, 0.1) is 25.4 Å². The van der Waals surface area contributed by atoms with E-state index in [0.29, 0.717) is 25.9 Å². The van der Waals surface area contributed by atoms with Gasteiger partial charge in [-0.05, 0) is 77.0 Å². The lowest BCUT2D eigenvalue weighted by atomic mass is 10.0. The first-order valence-corrected chi connectivity index (χ1v) is 39.2. The lowest BCUT2D eigenvalue weighted by Gasteiger charge is -2.22. The molecule has 0 aromatic rings. The van der Waals surface area contributed by atoms with Crippen LogP contribution in [0.4, 0.5) is 0 Å². The second-order valence-electron chi connectivity index (χ2n) is 27.0.